The van der Waals surface area contributed by atoms with Gasteiger partial charge in [-0.2, -0.15) is 0 Å². The second kappa shape index (κ2) is 18.2. The minimum Gasteiger partial charge on any atom is -0.374 e. The van der Waals surface area contributed by atoms with E-state index in [0.29, 0.717) is 31.3 Å². The molecule has 0 aliphatic carbocycles. The molecule has 0 spiro atoms. The lowest BCUT2D eigenvalue weighted by atomic mass is 9.98. The molecule has 0 amide bonds. The first-order chi connectivity index (χ1) is 23.7. The van der Waals surface area contributed by atoms with Gasteiger partial charge in [-0.25, -0.2) is 4.21 Å². The molecule has 6 rings (SSSR count). The van der Waals surface area contributed by atoms with Gasteiger partial charge in [-0.05, 0) is 45.2 Å². The van der Waals surface area contributed by atoms with Crippen LogP contribution >= 0.6 is 10.8 Å². The summed E-state index contributed by atoms with van der Waals surface area (Å²) in [6, 6.07) is 49.6. The summed E-state index contributed by atoms with van der Waals surface area (Å²) in [6.07, 6.45) is -2.26. The molecule has 0 radical (unpaired) electrons. The van der Waals surface area contributed by atoms with Crippen LogP contribution in [0, 0.1) is 0 Å². The molecule has 6 atom stereocenters. The first-order valence-electron chi connectivity index (χ1n) is 16.1. The van der Waals surface area contributed by atoms with Crippen LogP contribution in [0.4, 0.5) is 0 Å². The summed E-state index contributed by atoms with van der Waals surface area (Å²) in [5.74, 6) is 0. The highest BCUT2D eigenvalue weighted by atomic mass is 33.1. The summed E-state index contributed by atoms with van der Waals surface area (Å²) in [5.41, 5.74) is 3.50. The van der Waals surface area contributed by atoms with Crippen LogP contribution in [-0.4, -0.2) is 40.7 Å². The van der Waals surface area contributed by atoms with E-state index in [1.165, 1.54) is 10.8 Å². The first kappa shape index (κ1) is 34.3. The maximum Gasteiger partial charge on any atom is 0.145 e. The normalized spacial score (nSPS) is 21.5. The Balaban J connectivity index is 1.32. The van der Waals surface area contributed by atoms with Gasteiger partial charge in [-0.15, -0.1) is 0 Å². The van der Waals surface area contributed by atoms with E-state index < -0.39 is 39.7 Å². The van der Waals surface area contributed by atoms with Gasteiger partial charge in [0.25, 0.3) is 0 Å². The molecular weight excluding hydrogens is 641 g/mol. The molecule has 5 aromatic carbocycles. The second-order valence-corrected chi connectivity index (χ2v) is 14.6. The van der Waals surface area contributed by atoms with Crippen molar-refractivity contribution in [2.75, 3.05) is 6.61 Å². The molecule has 0 saturated carbocycles. The molecule has 1 aliphatic rings. The van der Waals surface area contributed by atoms with E-state index in [9.17, 15) is 4.21 Å². The quantitative estimate of drug-likeness (QED) is 0.0976. The SMILES string of the molecule is O=S(SC1O[C@H](COCc2ccccc2)[C@@H](OCc2ccccc2)[C@H](OCc2ccccc2)[C@@H]1OCc1ccccc1)c1ccccc1. The van der Waals surface area contributed by atoms with Crippen LogP contribution in [0.3, 0.4) is 0 Å². The maximum absolute atomic E-state index is 13.8. The third kappa shape index (κ3) is 9.96. The molecule has 0 aromatic heterocycles. The monoisotopic (exact) mass is 680 g/mol. The van der Waals surface area contributed by atoms with Crippen molar-refractivity contribution in [3.05, 3.63) is 174 Å². The van der Waals surface area contributed by atoms with Gasteiger partial charge >= 0.3 is 0 Å². The lowest BCUT2D eigenvalue weighted by Crippen LogP contribution is -2.60. The molecule has 1 aliphatic heterocycles. The molecule has 5 aromatic rings. The van der Waals surface area contributed by atoms with E-state index in [1.54, 1.807) is 0 Å². The standard InChI is InChI=1S/C40H40O6S2/c41-48(35-24-14-5-15-25-35)47-40-39(45-29-34-22-12-4-13-23-34)38(44-28-33-20-10-3-11-21-33)37(43-27-32-18-8-2-9-19-32)36(46-40)30-42-26-31-16-6-1-7-17-31/h1-25,36-40H,26-30H2/t36-,37-,38+,39+,40?,48?/m1/s1. The average molecular weight is 681 g/mol. The van der Waals surface area contributed by atoms with Crippen molar-refractivity contribution >= 4 is 20.6 Å². The van der Waals surface area contributed by atoms with Crippen molar-refractivity contribution in [1.82, 2.24) is 0 Å². The summed E-state index contributed by atoms with van der Waals surface area (Å²) in [7, 11) is -0.199. The third-order valence-corrected chi connectivity index (χ3v) is 11.0. The van der Waals surface area contributed by atoms with Gasteiger partial charge in [0.2, 0.25) is 0 Å². The second-order valence-electron chi connectivity index (χ2n) is 11.5. The lowest BCUT2D eigenvalue weighted by molar-refractivity contribution is -0.254. The number of ether oxygens (including phenoxy) is 5. The fraction of sp³-hybridized carbons (Fsp3) is 0.250. The van der Waals surface area contributed by atoms with Crippen molar-refractivity contribution in [3.8, 4) is 0 Å². The molecule has 0 N–H and O–H groups in total. The molecule has 1 fully saturated rings. The van der Waals surface area contributed by atoms with E-state index in [0.717, 1.165) is 22.3 Å². The summed E-state index contributed by atoms with van der Waals surface area (Å²) < 4.78 is 47.0. The smallest absolute Gasteiger partial charge is 0.145 e. The molecule has 48 heavy (non-hydrogen) atoms. The predicted molar refractivity (Wildman–Crippen MR) is 190 cm³/mol. The summed E-state index contributed by atoms with van der Waals surface area (Å²) in [5, 5.41) is 0. The fourth-order valence-corrected chi connectivity index (χ4v) is 8.34. The highest BCUT2D eigenvalue weighted by molar-refractivity contribution is 8.69. The highest BCUT2D eigenvalue weighted by Gasteiger charge is 2.49. The van der Waals surface area contributed by atoms with Gasteiger partial charge in [0.1, 0.15) is 39.7 Å². The Morgan fingerprint density at radius 3 is 1.38 bits per heavy atom. The first-order valence-corrected chi connectivity index (χ1v) is 18.7. The van der Waals surface area contributed by atoms with Gasteiger partial charge < -0.3 is 23.7 Å². The molecule has 2 unspecified atom stereocenters. The van der Waals surface area contributed by atoms with Crippen LogP contribution in [0.5, 0.6) is 0 Å². The van der Waals surface area contributed by atoms with Gasteiger partial charge in [0, 0.05) is 4.90 Å². The van der Waals surface area contributed by atoms with Crippen LogP contribution in [0.2, 0.25) is 0 Å². The van der Waals surface area contributed by atoms with Crippen molar-refractivity contribution in [3.63, 3.8) is 0 Å². The summed E-state index contributed by atoms with van der Waals surface area (Å²) in [4.78, 5) is 0.703. The Morgan fingerprint density at radius 1 is 0.500 bits per heavy atom. The largest absolute Gasteiger partial charge is 0.374 e. The van der Waals surface area contributed by atoms with Gasteiger partial charge in [0.05, 0.1) is 33.0 Å². The molecule has 1 heterocycles. The molecule has 6 nitrogen and oxygen atoms in total. The van der Waals surface area contributed by atoms with Crippen LogP contribution in [0.1, 0.15) is 22.3 Å². The van der Waals surface area contributed by atoms with E-state index in [-0.39, 0.29) is 6.61 Å². The maximum atomic E-state index is 13.8. The zero-order chi connectivity index (χ0) is 32.8. The van der Waals surface area contributed by atoms with Crippen molar-refractivity contribution in [1.29, 1.82) is 0 Å². The van der Waals surface area contributed by atoms with Crippen molar-refractivity contribution in [2.24, 2.45) is 0 Å². The fourth-order valence-electron chi connectivity index (χ4n) is 5.50. The minimum atomic E-state index is -1.43. The Kier molecular flexibility index (Phi) is 13.0. The molecule has 1 saturated heterocycles. The summed E-state index contributed by atoms with van der Waals surface area (Å²) in [6.45, 7) is 1.70. The van der Waals surface area contributed by atoms with Gasteiger partial charge in [-0.3, -0.25) is 0 Å². The molecule has 0 bridgehead atoms. The predicted octanol–water partition coefficient (Wildman–Crippen LogP) is 8.14. The average Bonchev–Trinajstić information content (AvgIpc) is 3.15. The van der Waals surface area contributed by atoms with Crippen molar-refractivity contribution in [2.45, 2.75) is 61.2 Å². The Morgan fingerprint density at radius 2 is 0.896 bits per heavy atom. The Bertz CT molecular complexity index is 1640. The molecule has 248 valence electrons. The number of hydrogen-bond acceptors (Lipinski definition) is 7. The van der Waals surface area contributed by atoms with Crippen LogP contribution in [-0.2, 0) is 59.9 Å². The topological polar surface area (TPSA) is 63.2 Å². The van der Waals surface area contributed by atoms with Gasteiger partial charge in [-0.1, -0.05) is 140 Å². The zero-order valence-corrected chi connectivity index (χ0v) is 28.3. The Hall–Kier alpha value is -3.60. The van der Waals surface area contributed by atoms with E-state index >= 15 is 0 Å². The van der Waals surface area contributed by atoms with E-state index in [1.807, 2.05) is 152 Å². The van der Waals surface area contributed by atoms with E-state index in [2.05, 4.69) is 0 Å². The van der Waals surface area contributed by atoms with Gasteiger partial charge in [0.15, 0.2) is 0 Å². The minimum absolute atomic E-state index is 0.250. The van der Waals surface area contributed by atoms with Crippen LogP contribution in [0.15, 0.2) is 157 Å². The zero-order valence-electron chi connectivity index (χ0n) is 26.6. The number of rotatable bonds is 16. The van der Waals surface area contributed by atoms with Crippen LogP contribution in [0.25, 0.3) is 0 Å². The highest BCUT2D eigenvalue weighted by Crippen LogP contribution is 2.38. The number of hydrogen-bond donors (Lipinski definition) is 0. The lowest BCUT2D eigenvalue weighted by Gasteiger charge is -2.45. The van der Waals surface area contributed by atoms with Crippen LogP contribution < -0.4 is 0 Å². The Labute approximate surface area is 289 Å². The van der Waals surface area contributed by atoms with E-state index in [4.69, 9.17) is 23.7 Å². The number of benzene rings is 5. The van der Waals surface area contributed by atoms with Crippen molar-refractivity contribution < 1.29 is 27.9 Å². The molecular formula is C40H40O6S2. The molecule has 8 heteroatoms. The third-order valence-electron chi connectivity index (χ3n) is 7.96. The summed E-state index contributed by atoms with van der Waals surface area (Å²) >= 11 is 0.